The molecule has 0 spiro atoms. The van der Waals surface area contributed by atoms with Crippen LogP contribution in [0.5, 0.6) is 5.75 Å². The van der Waals surface area contributed by atoms with Gasteiger partial charge in [0.15, 0.2) is 0 Å². The van der Waals surface area contributed by atoms with E-state index in [1.165, 1.54) is 4.68 Å². The van der Waals surface area contributed by atoms with Gasteiger partial charge >= 0.3 is 0 Å². The van der Waals surface area contributed by atoms with Crippen molar-refractivity contribution in [1.82, 2.24) is 19.3 Å². The van der Waals surface area contributed by atoms with Crippen molar-refractivity contribution in [2.75, 3.05) is 17.7 Å². The van der Waals surface area contributed by atoms with Crippen molar-refractivity contribution in [3.63, 3.8) is 0 Å². The molecule has 4 N–H and O–H groups in total. The van der Waals surface area contributed by atoms with Crippen LogP contribution in [-0.2, 0) is 7.05 Å². The van der Waals surface area contributed by atoms with E-state index in [-0.39, 0.29) is 11.4 Å². The molecule has 5 rings (SSSR count). The van der Waals surface area contributed by atoms with E-state index >= 15 is 0 Å². The van der Waals surface area contributed by atoms with Gasteiger partial charge in [0.1, 0.15) is 22.8 Å². The predicted octanol–water partition coefficient (Wildman–Crippen LogP) is 4.98. The summed E-state index contributed by atoms with van der Waals surface area (Å²) in [5, 5.41) is 12.7. The number of aromatic nitrogens is 4. The monoisotopic (exact) mass is 578 g/mol. The number of hydrogen-bond donors (Lipinski definition) is 3. The summed E-state index contributed by atoms with van der Waals surface area (Å²) in [6.45, 7) is 5.64. The second-order valence-electron chi connectivity index (χ2n) is 10.9. The Kier molecular flexibility index (Phi) is 8.13. The molecule has 0 bridgehead atoms. The smallest absolute Gasteiger partial charge is 0.284 e. The zero-order chi connectivity index (χ0) is 30.7. The first-order chi connectivity index (χ1) is 20.5. The number of carbonyl (C=O) groups is 1. The highest BCUT2D eigenvalue weighted by molar-refractivity contribution is 6.05. The molecule has 0 atom stereocenters. The normalized spacial score (nSPS) is 11.4. The highest BCUT2D eigenvalue weighted by Gasteiger charge is 2.22. The lowest BCUT2D eigenvalue weighted by atomic mass is 10.1. The summed E-state index contributed by atoms with van der Waals surface area (Å²) in [7, 11) is 1.75. The number of para-hydroxylation sites is 1. The number of benzene rings is 3. The van der Waals surface area contributed by atoms with Crippen molar-refractivity contribution in [1.29, 1.82) is 0 Å². The van der Waals surface area contributed by atoms with E-state index in [0.29, 0.717) is 47.2 Å². The topological polar surface area (TPSA) is 137 Å². The zero-order valence-corrected chi connectivity index (χ0v) is 24.5. The first kappa shape index (κ1) is 29.3. The van der Waals surface area contributed by atoms with E-state index in [1.54, 1.807) is 63.0 Å². The minimum atomic E-state index is -0.785. The molecule has 0 saturated heterocycles. The lowest BCUT2D eigenvalue weighted by Gasteiger charge is -2.17. The molecule has 220 valence electrons. The highest BCUT2D eigenvalue weighted by atomic mass is 16.5. The van der Waals surface area contributed by atoms with Gasteiger partial charge in [-0.25, -0.2) is 14.6 Å². The van der Waals surface area contributed by atoms with Crippen LogP contribution in [-0.4, -0.2) is 42.6 Å². The van der Waals surface area contributed by atoms with Gasteiger partial charge in [-0.1, -0.05) is 30.3 Å². The van der Waals surface area contributed by atoms with E-state index in [0.717, 1.165) is 11.1 Å². The van der Waals surface area contributed by atoms with E-state index in [4.69, 9.17) is 15.5 Å². The van der Waals surface area contributed by atoms with Crippen molar-refractivity contribution in [3.05, 3.63) is 107 Å². The number of rotatable bonds is 9. The summed E-state index contributed by atoms with van der Waals surface area (Å²) in [6, 6.07) is 23.7. The molecule has 0 aliphatic carbocycles. The molecule has 2 aromatic heterocycles. The number of carbonyl (C=O) groups excluding carboxylic acids is 1. The molecular formula is C33H34N6O4. The van der Waals surface area contributed by atoms with Gasteiger partial charge in [-0.15, -0.1) is 0 Å². The Balaban J connectivity index is 1.32. The molecule has 2 heterocycles. The molecule has 0 unspecified atom stereocenters. The number of nitrogen functional groups attached to an aromatic ring is 1. The van der Waals surface area contributed by atoms with Gasteiger partial charge < -0.3 is 20.9 Å². The molecule has 0 aliphatic heterocycles. The SMILES string of the molecule is Cc1c(C(=O)Nc2ccc(-c3nc(-c4ccc(OCCC(C)(C)O)cc4)cnc3N)cc2)c(=O)n(-c2ccccc2)n1C. The van der Waals surface area contributed by atoms with E-state index in [2.05, 4.69) is 10.3 Å². The molecule has 1 amide bonds. The Labute approximate surface area is 249 Å². The van der Waals surface area contributed by atoms with Gasteiger partial charge in [0.05, 0.1) is 35.5 Å². The molecular weight excluding hydrogens is 544 g/mol. The summed E-state index contributed by atoms with van der Waals surface area (Å²) in [5.74, 6) is 0.474. The maximum atomic E-state index is 13.2. The van der Waals surface area contributed by atoms with Crippen molar-refractivity contribution in [2.24, 2.45) is 7.05 Å². The summed E-state index contributed by atoms with van der Waals surface area (Å²) in [4.78, 5) is 35.5. The molecule has 0 fully saturated rings. The van der Waals surface area contributed by atoms with E-state index < -0.39 is 17.1 Å². The van der Waals surface area contributed by atoms with Gasteiger partial charge in [0.25, 0.3) is 11.5 Å². The lowest BCUT2D eigenvalue weighted by molar-refractivity contribution is 0.0553. The van der Waals surface area contributed by atoms with Crippen molar-refractivity contribution >= 4 is 17.4 Å². The number of aliphatic hydroxyl groups is 1. The summed E-state index contributed by atoms with van der Waals surface area (Å²) in [5.41, 5.74) is 9.53. The third-order valence-electron chi connectivity index (χ3n) is 7.13. The number of amides is 1. The van der Waals surface area contributed by atoms with Crippen molar-refractivity contribution < 1.29 is 14.6 Å². The quantitative estimate of drug-likeness (QED) is 0.224. The Morgan fingerprint density at radius 1 is 1.00 bits per heavy atom. The number of anilines is 2. The third-order valence-corrected chi connectivity index (χ3v) is 7.13. The number of nitrogens with one attached hydrogen (secondary N) is 1. The minimum absolute atomic E-state index is 0.0758. The first-order valence-corrected chi connectivity index (χ1v) is 13.9. The third kappa shape index (κ3) is 6.49. The van der Waals surface area contributed by atoms with Crippen molar-refractivity contribution in [2.45, 2.75) is 32.8 Å². The first-order valence-electron chi connectivity index (χ1n) is 13.9. The summed E-state index contributed by atoms with van der Waals surface area (Å²) < 4.78 is 8.87. The van der Waals surface area contributed by atoms with E-state index in [9.17, 15) is 14.7 Å². The Bertz CT molecular complexity index is 1800. The van der Waals surface area contributed by atoms with Crippen LogP contribution in [0.1, 0.15) is 36.3 Å². The van der Waals surface area contributed by atoms with Gasteiger partial charge in [0.2, 0.25) is 0 Å². The molecule has 0 aliphatic rings. The molecule has 43 heavy (non-hydrogen) atoms. The number of nitrogens with zero attached hydrogens (tertiary/aromatic N) is 4. The Morgan fingerprint density at radius 3 is 2.30 bits per heavy atom. The van der Waals surface area contributed by atoms with Gasteiger partial charge in [-0.3, -0.25) is 14.3 Å². The van der Waals surface area contributed by atoms with Gasteiger partial charge in [-0.2, -0.15) is 0 Å². The average molecular weight is 579 g/mol. The minimum Gasteiger partial charge on any atom is -0.493 e. The second-order valence-corrected chi connectivity index (χ2v) is 10.9. The molecule has 3 aromatic carbocycles. The fourth-order valence-corrected chi connectivity index (χ4v) is 4.63. The fraction of sp³-hybridized carbons (Fsp3) is 0.212. The average Bonchev–Trinajstić information content (AvgIpc) is 3.21. The largest absolute Gasteiger partial charge is 0.493 e. The van der Waals surface area contributed by atoms with Gasteiger partial charge in [-0.05, 0) is 69.3 Å². The van der Waals surface area contributed by atoms with E-state index in [1.807, 2.05) is 54.6 Å². The molecule has 0 radical (unpaired) electrons. The standard InChI is InChI=1S/C33H34N6O4/c1-21-28(32(41)39(38(21)4)25-8-6-5-7-9-25)31(40)36-24-14-10-23(11-15-24)29-30(34)35-20-27(37-29)22-12-16-26(17-13-22)43-19-18-33(2,3)42/h5-17,20,42H,18-19H2,1-4H3,(H2,34,35)(H,36,40). The number of hydrogen-bond acceptors (Lipinski definition) is 7. The molecule has 10 nitrogen and oxygen atoms in total. The van der Waals surface area contributed by atoms with Crippen LogP contribution in [0.2, 0.25) is 0 Å². The maximum Gasteiger partial charge on any atom is 0.284 e. The van der Waals surface area contributed by atoms with Crippen LogP contribution >= 0.6 is 0 Å². The Hall–Kier alpha value is -5.22. The van der Waals surface area contributed by atoms with Crippen LogP contribution < -0.4 is 21.3 Å². The van der Waals surface area contributed by atoms with Crippen LogP contribution in [0, 0.1) is 6.92 Å². The zero-order valence-electron chi connectivity index (χ0n) is 24.5. The summed E-state index contributed by atoms with van der Waals surface area (Å²) in [6.07, 6.45) is 2.13. The number of nitrogens with two attached hydrogens (primary N) is 1. The van der Waals surface area contributed by atoms with Crippen LogP contribution in [0.4, 0.5) is 11.5 Å². The molecule has 10 heteroatoms. The predicted molar refractivity (Wildman–Crippen MR) is 167 cm³/mol. The second kappa shape index (κ2) is 11.9. The highest BCUT2D eigenvalue weighted by Crippen LogP contribution is 2.28. The fourth-order valence-electron chi connectivity index (χ4n) is 4.63. The molecule has 0 saturated carbocycles. The Morgan fingerprint density at radius 2 is 1.65 bits per heavy atom. The number of ether oxygens (including phenoxy) is 1. The molecule has 5 aromatic rings. The maximum absolute atomic E-state index is 13.2. The summed E-state index contributed by atoms with van der Waals surface area (Å²) >= 11 is 0. The van der Waals surface area contributed by atoms with Gasteiger partial charge in [0, 0.05) is 30.3 Å². The van der Waals surface area contributed by atoms with Crippen LogP contribution in [0.15, 0.2) is 89.9 Å². The van der Waals surface area contributed by atoms with Crippen LogP contribution in [0.3, 0.4) is 0 Å². The van der Waals surface area contributed by atoms with Crippen LogP contribution in [0.25, 0.3) is 28.2 Å². The van der Waals surface area contributed by atoms with Crippen molar-refractivity contribution in [3.8, 4) is 34.0 Å². The lowest BCUT2D eigenvalue weighted by Crippen LogP contribution is -2.25.